The number of nitrogens with two attached hydrogens (primary N) is 1. The summed E-state index contributed by atoms with van der Waals surface area (Å²) in [5.74, 6) is -4.50. The average Bonchev–Trinajstić information content (AvgIpc) is 3.15. The second-order valence-corrected chi connectivity index (χ2v) is 8.28. The van der Waals surface area contributed by atoms with Crippen molar-refractivity contribution in [3.63, 3.8) is 0 Å². The summed E-state index contributed by atoms with van der Waals surface area (Å²) < 4.78 is 0. The third kappa shape index (κ3) is 4.54. The van der Waals surface area contributed by atoms with Crippen molar-refractivity contribution in [3.05, 3.63) is 35.0 Å². The van der Waals surface area contributed by atoms with Gasteiger partial charge in [0.25, 0.3) is 5.91 Å². The zero-order valence-electron chi connectivity index (χ0n) is 15.8. The molecule has 1 aromatic rings. The highest BCUT2D eigenvalue weighted by Crippen LogP contribution is 2.40. The number of carboxylic acids is 2. The largest absolute Gasteiger partial charge is 0.479 e. The number of aromatic nitrogens is 1. The first-order valence-electron chi connectivity index (χ1n) is 8.66. The van der Waals surface area contributed by atoms with Crippen molar-refractivity contribution in [2.75, 3.05) is 18.1 Å². The summed E-state index contributed by atoms with van der Waals surface area (Å²) in [4.78, 5) is 57.3. The molecule has 1 saturated heterocycles. The van der Waals surface area contributed by atoms with Crippen LogP contribution in [0.3, 0.4) is 0 Å². The second kappa shape index (κ2) is 9.18. The fourth-order valence-corrected chi connectivity index (χ4v) is 4.90. The molecule has 3 heterocycles. The summed E-state index contributed by atoms with van der Waals surface area (Å²) in [5.41, 5.74) is 6.13. The third-order valence-corrected chi connectivity index (χ3v) is 6.35. The number of nitrogens with one attached hydrogen (secondary N) is 1. The van der Waals surface area contributed by atoms with E-state index in [1.54, 1.807) is 0 Å². The van der Waals surface area contributed by atoms with E-state index in [9.17, 15) is 24.3 Å². The number of nitrogens with zero attached hydrogens (tertiary/aromatic N) is 3. The van der Waals surface area contributed by atoms with Crippen LogP contribution in [0.4, 0.5) is 5.13 Å². The van der Waals surface area contributed by atoms with Crippen molar-refractivity contribution in [1.29, 1.82) is 0 Å². The van der Waals surface area contributed by atoms with Gasteiger partial charge in [-0.1, -0.05) is 17.8 Å². The Balaban J connectivity index is 1.76. The topological polar surface area (TPSA) is 185 Å². The van der Waals surface area contributed by atoms with E-state index in [1.807, 2.05) is 0 Å². The molecule has 1 unspecified atom stereocenters. The smallest absolute Gasteiger partial charge is 0.352 e. The van der Waals surface area contributed by atoms with E-state index in [2.05, 4.69) is 26.9 Å². The number of thioether (sulfide) groups is 1. The van der Waals surface area contributed by atoms with Gasteiger partial charge in [-0.05, 0) is 5.57 Å². The summed E-state index contributed by atoms with van der Waals surface area (Å²) in [6, 6.07) is -0.954. The molecule has 2 aliphatic rings. The van der Waals surface area contributed by atoms with Crippen LogP contribution in [0.2, 0.25) is 0 Å². The van der Waals surface area contributed by atoms with Gasteiger partial charge < -0.3 is 26.1 Å². The van der Waals surface area contributed by atoms with Crippen molar-refractivity contribution in [2.24, 2.45) is 5.16 Å². The van der Waals surface area contributed by atoms with Gasteiger partial charge in [0.1, 0.15) is 23.0 Å². The van der Waals surface area contributed by atoms with Crippen LogP contribution in [0, 0.1) is 0 Å². The Labute approximate surface area is 183 Å². The van der Waals surface area contributed by atoms with Crippen molar-refractivity contribution in [1.82, 2.24) is 15.2 Å². The predicted molar refractivity (Wildman–Crippen MR) is 111 cm³/mol. The number of β-lactam (4-membered cyclic amide) rings is 1. The molecule has 0 aromatic carbocycles. The Hall–Kier alpha value is -3.39. The minimum Gasteiger partial charge on any atom is -0.479 e. The molecule has 164 valence electrons. The molecular weight excluding hydrogens is 450 g/mol. The summed E-state index contributed by atoms with van der Waals surface area (Å²) >= 11 is 2.39. The summed E-state index contributed by atoms with van der Waals surface area (Å²) in [7, 11) is 0. The van der Waals surface area contributed by atoms with E-state index < -0.39 is 47.7 Å². The number of carbonyl (C=O) groups is 4. The molecule has 0 spiro atoms. The molecule has 31 heavy (non-hydrogen) atoms. The number of oxime groups is 1. The van der Waals surface area contributed by atoms with Crippen molar-refractivity contribution in [3.8, 4) is 0 Å². The van der Waals surface area contributed by atoms with E-state index in [-0.39, 0.29) is 16.5 Å². The van der Waals surface area contributed by atoms with Crippen LogP contribution in [0.15, 0.2) is 34.5 Å². The molecule has 0 bridgehead atoms. The Bertz CT molecular complexity index is 1000. The number of rotatable bonds is 9. The van der Waals surface area contributed by atoms with Crippen LogP contribution in [-0.2, 0) is 24.0 Å². The number of thiazole rings is 1. The summed E-state index contributed by atoms with van der Waals surface area (Å²) in [6.45, 7) is 2.88. The van der Waals surface area contributed by atoms with Crippen LogP contribution in [0.1, 0.15) is 11.6 Å². The number of carboxylic acid groups (broad SMARTS) is 2. The number of anilines is 1. The van der Waals surface area contributed by atoms with Gasteiger partial charge in [0, 0.05) is 11.1 Å². The zero-order valence-corrected chi connectivity index (χ0v) is 17.4. The number of fused-ring (bicyclic) bond motifs is 1. The van der Waals surface area contributed by atoms with E-state index in [4.69, 9.17) is 10.8 Å². The fourth-order valence-electron chi connectivity index (χ4n) is 2.96. The highest BCUT2D eigenvalue weighted by molar-refractivity contribution is 8.00. The first-order chi connectivity index (χ1) is 14.7. The van der Waals surface area contributed by atoms with Gasteiger partial charge >= 0.3 is 11.9 Å². The van der Waals surface area contributed by atoms with Crippen molar-refractivity contribution in [2.45, 2.75) is 17.3 Å². The van der Waals surface area contributed by atoms with E-state index in [0.29, 0.717) is 11.3 Å². The molecule has 0 aliphatic carbocycles. The zero-order chi connectivity index (χ0) is 22.7. The third-order valence-electron chi connectivity index (χ3n) is 4.36. The first-order valence-corrected chi connectivity index (χ1v) is 10.6. The monoisotopic (exact) mass is 467 g/mol. The number of amides is 2. The van der Waals surface area contributed by atoms with Crippen LogP contribution >= 0.6 is 23.1 Å². The maximum atomic E-state index is 12.9. The van der Waals surface area contributed by atoms with Crippen LogP contribution in [-0.4, -0.2) is 73.8 Å². The Morgan fingerprint density at radius 3 is 2.81 bits per heavy atom. The number of hydrogen-bond acceptors (Lipinski definition) is 10. The van der Waals surface area contributed by atoms with E-state index in [0.717, 1.165) is 22.5 Å². The Morgan fingerprint density at radius 1 is 1.48 bits per heavy atom. The number of carbonyl (C=O) groups excluding carboxylic acids is 2. The van der Waals surface area contributed by atoms with Crippen molar-refractivity contribution < 1.29 is 34.2 Å². The van der Waals surface area contributed by atoms with E-state index >= 15 is 0 Å². The van der Waals surface area contributed by atoms with Gasteiger partial charge in [0.15, 0.2) is 5.13 Å². The SMILES string of the molecule is C=CC1=C(C(=O)O)N2C(=O)[C@@H](NC(=O)C(C=NOCC(=O)O)c3csc(N)n3)[C@H]2SC1. The van der Waals surface area contributed by atoms with Gasteiger partial charge in [-0.3, -0.25) is 14.5 Å². The minimum atomic E-state index is -1.25. The lowest BCUT2D eigenvalue weighted by atomic mass is 10.0. The lowest BCUT2D eigenvalue weighted by Gasteiger charge is -2.49. The van der Waals surface area contributed by atoms with Gasteiger partial charge in [-0.2, -0.15) is 0 Å². The highest BCUT2D eigenvalue weighted by Gasteiger charge is 2.54. The molecule has 3 atom stereocenters. The summed E-state index contributed by atoms with van der Waals surface area (Å²) in [6.07, 6.45) is 2.45. The maximum absolute atomic E-state index is 12.9. The molecule has 14 heteroatoms. The molecular formula is C17H17N5O7S2. The molecule has 12 nitrogen and oxygen atoms in total. The quantitative estimate of drug-likeness (QED) is 0.216. The Kier molecular flexibility index (Phi) is 6.60. The lowest BCUT2D eigenvalue weighted by molar-refractivity contribution is -0.150. The van der Waals surface area contributed by atoms with Gasteiger partial charge in [-0.25, -0.2) is 14.6 Å². The van der Waals surface area contributed by atoms with Crippen LogP contribution < -0.4 is 11.1 Å². The number of nitrogen functional groups attached to an aromatic ring is 1. The predicted octanol–water partition coefficient (Wildman–Crippen LogP) is -0.179. The summed E-state index contributed by atoms with van der Waals surface area (Å²) in [5, 5.41) is 25.3. The molecule has 2 amide bonds. The molecule has 0 saturated carbocycles. The van der Waals surface area contributed by atoms with E-state index in [1.165, 1.54) is 23.2 Å². The minimum absolute atomic E-state index is 0.151. The molecule has 1 fully saturated rings. The van der Waals surface area contributed by atoms with Gasteiger partial charge in [0.05, 0.1) is 11.9 Å². The number of hydrogen-bond donors (Lipinski definition) is 4. The van der Waals surface area contributed by atoms with Crippen molar-refractivity contribution >= 4 is 58.2 Å². The Morgan fingerprint density at radius 2 is 2.23 bits per heavy atom. The number of aliphatic carboxylic acids is 2. The molecule has 3 rings (SSSR count). The van der Waals surface area contributed by atoms with Crippen LogP contribution in [0.5, 0.6) is 0 Å². The second-order valence-electron chi connectivity index (χ2n) is 6.29. The molecule has 0 radical (unpaired) electrons. The maximum Gasteiger partial charge on any atom is 0.352 e. The fraction of sp³-hybridized carbons (Fsp3) is 0.294. The lowest BCUT2D eigenvalue weighted by Crippen LogP contribution is -2.70. The number of allylic oxidation sites excluding steroid dienone is 1. The normalized spacial score (nSPS) is 21.3. The van der Waals surface area contributed by atoms with Crippen LogP contribution in [0.25, 0.3) is 0 Å². The highest BCUT2D eigenvalue weighted by atomic mass is 32.2. The average molecular weight is 467 g/mol. The molecule has 1 aromatic heterocycles. The molecule has 5 N–H and O–H groups in total. The standard InChI is InChI=1S/C17H17N5O7S2/c1-2-7-5-30-15-11(14(26)22(15)12(7)16(27)28)21-13(25)8(3-19-29-4-10(23)24)9-6-31-17(18)20-9/h2-3,6,8,11,15H,1,4-5H2,(H2,18,20)(H,21,25)(H,23,24)(H,27,28)/t8?,11-,15-/m1/s1. The van der Waals surface area contributed by atoms with Gasteiger partial charge in [0.2, 0.25) is 12.5 Å². The first kappa shape index (κ1) is 22.3. The molecule has 2 aliphatic heterocycles. The van der Waals surface area contributed by atoms with Gasteiger partial charge in [-0.15, -0.1) is 23.1 Å².